The Labute approximate surface area is 290 Å². The molecule has 2 fully saturated rings. The summed E-state index contributed by atoms with van der Waals surface area (Å²) in [5, 5.41) is 9.22. The van der Waals surface area contributed by atoms with E-state index < -0.39 is 0 Å². The minimum Gasteiger partial charge on any atom is -0.464 e. The lowest BCUT2D eigenvalue weighted by Crippen LogP contribution is -2.24. The molecule has 0 spiro atoms. The first-order valence-electron chi connectivity index (χ1n) is 17.7. The van der Waals surface area contributed by atoms with Gasteiger partial charge in [0.15, 0.2) is 0 Å². The maximum atomic E-state index is 14.8. The third-order valence-corrected chi connectivity index (χ3v) is 10.2. The van der Waals surface area contributed by atoms with Gasteiger partial charge in [-0.05, 0) is 110 Å². The van der Waals surface area contributed by atoms with E-state index in [9.17, 15) is 18.4 Å². The summed E-state index contributed by atoms with van der Waals surface area (Å²) in [6.07, 6.45) is 5.93. The maximum Gasteiger partial charge on any atom is 0.302 e. The molecule has 10 heteroatoms. The molecule has 0 bridgehead atoms. The van der Waals surface area contributed by atoms with Crippen LogP contribution in [-0.4, -0.2) is 59.5 Å². The van der Waals surface area contributed by atoms with E-state index in [2.05, 4.69) is 44.0 Å². The molecule has 2 atom stereocenters. The zero-order chi connectivity index (χ0) is 34.8. The lowest BCUT2D eigenvalue weighted by atomic mass is 9.95. The van der Waals surface area contributed by atoms with Gasteiger partial charge in [0.2, 0.25) is 0 Å². The van der Waals surface area contributed by atoms with E-state index in [1.165, 1.54) is 26.0 Å². The maximum absolute atomic E-state index is 14.8. The molecular weight excluding hydrogens is 638 g/mol. The topological polar surface area (TPSA) is 86.5 Å². The average molecular weight is 683 g/mol. The highest BCUT2D eigenvalue weighted by molar-refractivity contribution is 5.94. The fraction of sp³-hybridized carbons (Fsp3) is 0.400. The highest BCUT2D eigenvalue weighted by atomic mass is 19.1. The van der Waals surface area contributed by atoms with Gasteiger partial charge < -0.3 is 29.2 Å². The normalized spacial score (nSPS) is 17.6. The Kier molecular flexibility index (Phi) is 10.0. The van der Waals surface area contributed by atoms with Gasteiger partial charge in [-0.25, -0.2) is 8.78 Å². The van der Waals surface area contributed by atoms with Crippen LogP contribution in [0, 0.1) is 11.6 Å². The van der Waals surface area contributed by atoms with Crippen molar-refractivity contribution in [3.05, 3.63) is 83.4 Å². The number of nitrogens with one attached hydrogen (secondary N) is 2. The smallest absolute Gasteiger partial charge is 0.302 e. The molecule has 0 saturated carbocycles. The molecule has 2 aliphatic heterocycles. The van der Waals surface area contributed by atoms with E-state index in [0.717, 1.165) is 107 Å². The van der Waals surface area contributed by atoms with Crippen molar-refractivity contribution in [1.82, 2.24) is 19.8 Å². The van der Waals surface area contributed by atoms with Crippen molar-refractivity contribution in [2.24, 2.45) is 0 Å². The first-order chi connectivity index (χ1) is 24.3. The summed E-state index contributed by atoms with van der Waals surface area (Å²) in [5.74, 6) is -1.36. The fourth-order valence-electron chi connectivity index (χ4n) is 8.03. The third-order valence-electron chi connectivity index (χ3n) is 10.2. The SMILES string of the molecule is CC(=O)OCCn1c(-c2ccc(-c3c(CC4CCCN4)c4ccc(F)cc4n3CCOC(C)=O)cc2)c(CC2CCCN2)c2ccc(F)cc21. The predicted molar refractivity (Wildman–Crippen MR) is 191 cm³/mol. The molecule has 2 N–H and O–H groups in total. The van der Waals surface area contributed by atoms with Crippen molar-refractivity contribution < 1.29 is 27.8 Å². The molecule has 0 amide bonds. The molecule has 0 radical (unpaired) electrons. The Hall–Kier alpha value is -4.54. The number of aromatic nitrogens is 2. The molecule has 3 aromatic carbocycles. The summed E-state index contributed by atoms with van der Waals surface area (Å²) >= 11 is 0. The van der Waals surface area contributed by atoms with Crippen molar-refractivity contribution >= 4 is 33.7 Å². The van der Waals surface area contributed by atoms with Crippen molar-refractivity contribution in [2.45, 2.75) is 77.5 Å². The van der Waals surface area contributed by atoms with Crippen LogP contribution in [0.5, 0.6) is 0 Å². The summed E-state index contributed by atoms with van der Waals surface area (Å²) in [4.78, 5) is 23.4. The van der Waals surface area contributed by atoms with Gasteiger partial charge in [-0.1, -0.05) is 24.3 Å². The van der Waals surface area contributed by atoms with Crippen molar-refractivity contribution in [2.75, 3.05) is 26.3 Å². The second-order valence-electron chi connectivity index (χ2n) is 13.5. The summed E-state index contributed by atoms with van der Waals surface area (Å²) in [6.45, 7) is 5.82. The highest BCUT2D eigenvalue weighted by Crippen LogP contribution is 2.40. The fourth-order valence-corrected chi connectivity index (χ4v) is 8.03. The standard InChI is InChI=1S/C40H44F2N4O4/c1-25(47)49-19-17-45-37-21-29(41)11-13-33(37)35(23-31-5-3-15-43-31)39(45)27-7-9-28(10-8-27)40-36(24-32-6-4-16-44-32)34-14-12-30(42)22-38(34)46(40)18-20-50-26(2)48/h7-14,21-22,31-32,43-44H,3-6,15-20,23-24H2,1-2H3. The van der Waals surface area contributed by atoms with Crippen LogP contribution in [-0.2, 0) is 45.0 Å². The van der Waals surface area contributed by atoms with E-state index >= 15 is 0 Å². The minimum atomic E-state index is -0.360. The van der Waals surface area contributed by atoms with Crippen LogP contribution in [0.25, 0.3) is 44.3 Å². The molecule has 262 valence electrons. The molecule has 0 aliphatic carbocycles. The second kappa shape index (κ2) is 14.7. The van der Waals surface area contributed by atoms with Crippen LogP contribution in [0.4, 0.5) is 8.78 Å². The molecule has 8 nitrogen and oxygen atoms in total. The van der Waals surface area contributed by atoms with E-state index in [1.54, 1.807) is 12.1 Å². The molecule has 2 unspecified atom stereocenters. The zero-order valence-electron chi connectivity index (χ0n) is 28.7. The molecule has 2 aromatic heterocycles. The largest absolute Gasteiger partial charge is 0.464 e. The number of ether oxygens (including phenoxy) is 2. The van der Waals surface area contributed by atoms with Crippen molar-refractivity contribution in [3.63, 3.8) is 0 Å². The van der Waals surface area contributed by atoms with Gasteiger partial charge >= 0.3 is 11.9 Å². The molecule has 50 heavy (non-hydrogen) atoms. The molecule has 5 aromatic rings. The van der Waals surface area contributed by atoms with Gasteiger partial charge in [0.05, 0.1) is 35.5 Å². The van der Waals surface area contributed by atoms with Gasteiger partial charge in [-0.15, -0.1) is 0 Å². The Balaban J connectivity index is 1.36. The van der Waals surface area contributed by atoms with E-state index in [0.29, 0.717) is 25.2 Å². The first kappa shape index (κ1) is 33.9. The van der Waals surface area contributed by atoms with Gasteiger partial charge in [0, 0.05) is 36.7 Å². The molecule has 2 saturated heterocycles. The third kappa shape index (κ3) is 7.04. The number of hydrogen-bond donors (Lipinski definition) is 2. The van der Waals surface area contributed by atoms with Gasteiger partial charge in [0.1, 0.15) is 24.8 Å². The van der Waals surface area contributed by atoms with Crippen LogP contribution < -0.4 is 10.6 Å². The Morgan fingerprint density at radius 2 is 1.10 bits per heavy atom. The number of benzene rings is 3. The number of hydrogen-bond acceptors (Lipinski definition) is 6. The molecular formula is C40H44F2N4O4. The van der Waals surface area contributed by atoms with Gasteiger partial charge in [0.25, 0.3) is 0 Å². The van der Waals surface area contributed by atoms with Crippen molar-refractivity contribution in [3.8, 4) is 22.5 Å². The average Bonchev–Trinajstić information content (AvgIpc) is 3.90. The number of esters is 2. The molecule has 7 rings (SSSR count). The van der Waals surface area contributed by atoms with Crippen LogP contribution >= 0.6 is 0 Å². The first-order valence-corrected chi connectivity index (χ1v) is 17.7. The van der Waals surface area contributed by atoms with E-state index in [-0.39, 0.29) is 36.8 Å². The number of rotatable bonds is 12. The van der Waals surface area contributed by atoms with Crippen LogP contribution in [0.3, 0.4) is 0 Å². The monoisotopic (exact) mass is 682 g/mol. The van der Waals surface area contributed by atoms with E-state index in [4.69, 9.17) is 9.47 Å². The number of halogens is 2. The molecule has 2 aliphatic rings. The quantitative estimate of drug-likeness (QED) is 0.139. The Bertz CT molecular complexity index is 1880. The minimum absolute atomic E-state index is 0.166. The number of carbonyl (C=O) groups is 2. The zero-order valence-corrected chi connectivity index (χ0v) is 28.7. The summed E-state index contributed by atoms with van der Waals surface area (Å²) in [7, 11) is 0. The highest BCUT2D eigenvalue weighted by Gasteiger charge is 2.26. The number of fused-ring (bicyclic) bond motifs is 2. The predicted octanol–water partition coefficient (Wildman–Crippen LogP) is 6.92. The lowest BCUT2D eigenvalue weighted by Gasteiger charge is -2.17. The Morgan fingerprint density at radius 3 is 1.46 bits per heavy atom. The second-order valence-corrected chi connectivity index (χ2v) is 13.5. The number of carbonyl (C=O) groups excluding carboxylic acids is 2. The lowest BCUT2D eigenvalue weighted by molar-refractivity contribution is -0.142. The Morgan fingerprint density at radius 1 is 0.680 bits per heavy atom. The van der Waals surface area contributed by atoms with Crippen LogP contribution in [0.1, 0.15) is 50.7 Å². The molecule has 4 heterocycles. The summed E-state index contributed by atoms with van der Waals surface area (Å²) < 4.78 is 44.4. The van der Waals surface area contributed by atoms with Crippen molar-refractivity contribution in [1.29, 1.82) is 0 Å². The summed E-state index contributed by atoms with van der Waals surface area (Å²) in [6, 6.07) is 18.9. The summed E-state index contributed by atoms with van der Waals surface area (Å²) in [5.41, 5.74) is 7.69. The van der Waals surface area contributed by atoms with Gasteiger partial charge in [-0.3, -0.25) is 9.59 Å². The van der Waals surface area contributed by atoms with Crippen LogP contribution in [0.15, 0.2) is 60.7 Å². The van der Waals surface area contributed by atoms with Gasteiger partial charge in [-0.2, -0.15) is 0 Å². The number of nitrogens with zero attached hydrogens (tertiary/aromatic N) is 2. The van der Waals surface area contributed by atoms with Crippen LogP contribution in [0.2, 0.25) is 0 Å². The van der Waals surface area contributed by atoms with E-state index in [1.807, 2.05) is 12.1 Å².